The molecular weight excluding hydrogens is 340 g/mol. The maximum absolute atomic E-state index is 12.5. The zero-order valence-electron chi connectivity index (χ0n) is 15.7. The highest BCUT2D eigenvalue weighted by molar-refractivity contribution is 5.96. The van der Waals surface area contributed by atoms with Crippen LogP contribution in [0.2, 0.25) is 0 Å². The predicted molar refractivity (Wildman–Crippen MR) is 104 cm³/mol. The second-order valence-corrected chi connectivity index (χ2v) is 6.90. The molecule has 1 saturated heterocycles. The summed E-state index contributed by atoms with van der Waals surface area (Å²) in [5.41, 5.74) is 1.76. The summed E-state index contributed by atoms with van der Waals surface area (Å²) in [7, 11) is 1.67. The van der Waals surface area contributed by atoms with Crippen molar-refractivity contribution in [2.45, 2.75) is 25.6 Å². The molecule has 0 N–H and O–H groups in total. The van der Waals surface area contributed by atoms with E-state index in [1.54, 1.807) is 19.2 Å². The van der Waals surface area contributed by atoms with Gasteiger partial charge in [-0.05, 0) is 30.5 Å². The molecule has 0 spiro atoms. The fourth-order valence-corrected chi connectivity index (χ4v) is 3.24. The zero-order valence-corrected chi connectivity index (χ0v) is 15.7. The van der Waals surface area contributed by atoms with E-state index >= 15 is 0 Å². The van der Waals surface area contributed by atoms with Crippen LogP contribution in [0.1, 0.15) is 28.8 Å². The molecule has 2 aromatic carbocycles. The molecular formula is C22H26N2O3. The van der Waals surface area contributed by atoms with Gasteiger partial charge in [-0.3, -0.25) is 9.59 Å². The van der Waals surface area contributed by atoms with Gasteiger partial charge in [-0.1, -0.05) is 48.5 Å². The number of benzene rings is 2. The molecule has 0 saturated carbocycles. The number of rotatable bonds is 6. The number of nitrogens with zero attached hydrogens (tertiary/aromatic N) is 2. The lowest BCUT2D eigenvalue weighted by molar-refractivity contribution is -0.134. The molecule has 1 aliphatic rings. The normalized spacial score (nSPS) is 14.8. The van der Waals surface area contributed by atoms with E-state index in [1.165, 1.54) is 4.90 Å². The molecule has 27 heavy (non-hydrogen) atoms. The Labute approximate surface area is 160 Å². The molecule has 3 rings (SSSR count). The van der Waals surface area contributed by atoms with Crippen LogP contribution in [0.4, 0.5) is 0 Å². The van der Waals surface area contributed by atoms with Gasteiger partial charge in [0.25, 0.3) is 5.91 Å². The predicted octanol–water partition coefficient (Wildman–Crippen LogP) is 2.97. The number of carbonyl (C=O) groups excluding carboxylic acids is 2. The monoisotopic (exact) mass is 366 g/mol. The van der Waals surface area contributed by atoms with Crippen LogP contribution in [0, 0.1) is 0 Å². The quantitative estimate of drug-likeness (QED) is 0.790. The Balaban J connectivity index is 1.42. The van der Waals surface area contributed by atoms with Gasteiger partial charge in [-0.25, -0.2) is 0 Å². The summed E-state index contributed by atoms with van der Waals surface area (Å²) in [4.78, 5) is 28.2. The van der Waals surface area contributed by atoms with E-state index in [2.05, 4.69) is 12.1 Å². The third kappa shape index (κ3) is 5.41. The van der Waals surface area contributed by atoms with Gasteiger partial charge in [-0.2, -0.15) is 0 Å². The first-order valence-electron chi connectivity index (χ1n) is 9.37. The molecule has 1 fully saturated rings. The van der Waals surface area contributed by atoms with Crippen molar-refractivity contribution in [1.29, 1.82) is 0 Å². The molecule has 2 aromatic rings. The van der Waals surface area contributed by atoms with Crippen molar-refractivity contribution in [2.75, 3.05) is 26.7 Å². The van der Waals surface area contributed by atoms with Gasteiger partial charge in [0.15, 0.2) is 0 Å². The highest BCUT2D eigenvalue weighted by atomic mass is 16.5. The first-order chi connectivity index (χ1) is 13.1. The summed E-state index contributed by atoms with van der Waals surface area (Å²) < 4.78 is 5.97. The largest absolute Gasteiger partial charge is 0.373 e. The van der Waals surface area contributed by atoms with Crippen molar-refractivity contribution < 1.29 is 14.3 Å². The third-order valence-electron chi connectivity index (χ3n) is 4.86. The lowest BCUT2D eigenvalue weighted by atomic mass is 10.1. The fraction of sp³-hybridized carbons (Fsp3) is 0.364. The van der Waals surface area contributed by atoms with Crippen molar-refractivity contribution >= 4 is 11.8 Å². The van der Waals surface area contributed by atoms with E-state index in [0.717, 1.165) is 18.4 Å². The zero-order chi connectivity index (χ0) is 19.1. The van der Waals surface area contributed by atoms with Gasteiger partial charge < -0.3 is 14.5 Å². The molecule has 0 bridgehead atoms. The summed E-state index contributed by atoms with van der Waals surface area (Å²) in [6.45, 7) is 2.05. The van der Waals surface area contributed by atoms with Crippen LogP contribution in [-0.2, 0) is 16.1 Å². The number of likely N-dealkylation sites (N-methyl/N-ethyl adjacent to an activating group) is 1. The van der Waals surface area contributed by atoms with Crippen molar-refractivity contribution in [1.82, 2.24) is 9.80 Å². The minimum atomic E-state index is -0.134. The van der Waals surface area contributed by atoms with Gasteiger partial charge in [0, 0.05) is 25.7 Å². The second kappa shape index (κ2) is 9.33. The van der Waals surface area contributed by atoms with Crippen LogP contribution >= 0.6 is 0 Å². The minimum Gasteiger partial charge on any atom is -0.373 e. The highest BCUT2D eigenvalue weighted by Crippen LogP contribution is 2.16. The number of hydrogen-bond acceptors (Lipinski definition) is 3. The summed E-state index contributed by atoms with van der Waals surface area (Å²) in [5, 5.41) is 0. The third-order valence-corrected chi connectivity index (χ3v) is 4.86. The van der Waals surface area contributed by atoms with E-state index < -0.39 is 0 Å². The Kier molecular flexibility index (Phi) is 6.60. The summed E-state index contributed by atoms with van der Waals surface area (Å²) in [6, 6.07) is 19.2. The van der Waals surface area contributed by atoms with Crippen molar-refractivity contribution in [3.63, 3.8) is 0 Å². The topological polar surface area (TPSA) is 49.9 Å². The molecule has 0 radical (unpaired) electrons. The van der Waals surface area contributed by atoms with E-state index in [1.807, 2.05) is 41.3 Å². The lowest BCUT2D eigenvalue weighted by Crippen LogP contribution is -2.45. The minimum absolute atomic E-state index is 0.0108. The Morgan fingerprint density at radius 2 is 1.59 bits per heavy atom. The Bertz CT molecular complexity index is 741. The van der Waals surface area contributed by atoms with Crippen LogP contribution in [0.15, 0.2) is 60.7 Å². The van der Waals surface area contributed by atoms with Gasteiger partial charge in [0.2, 0.25) is 5.91 Å². The molecule has 0 atom stereocenters. The maximum Gasteiger partial charge on any atom is 0.254 e. The van der Waals surface area contributed by atoms with Gasteiger partial charge >= 0.3 is 0 Å². The van der Waals surface area contributed by atoms with Gasteiger partial charge in [0.1, 0.15) is 0 Å². The molecule has 5 nitrogen and oxygen atoms in total. The van der Waals surface area contributed by atoms with E-state index in [4.69, 9.17) is 4.74 Å². The SMILES string of the molecule is CN(CC(=O)N1CCC(OCc2ccccc2)CC1)C(=O)c1ccccc1. The number of amides is 2. The summed E-state index contributed by atoms with van der Waals surface area (Å²) in [5.74, 6) is -0.145. The van der Waals surface area contributed by atoms with E-state index in [0.29, 0.717) is 25.3 Å². The average Bonchev–Trinajstić information content (AvgIpc) is 2.73. The number of carbonyl (C=O) groups is 2. The Morgan fingerprint density at radius 1 is 1.00 bits per heavy atom. The van der Waals surface area contributed by atoms with Crippen LogP contribution in [0.25, 0.3) is 0 Å². The fourth-order valence-electron chi connectivity index (χ4n) is 3.24. The van der Waals surface area contributed by atoms with Crippen LogP contribution in [0.3, 0.4) is 0 Å². The molecule has 142 valence electrons. The average molecular weight is 366 g/mol. The summed E-state index contributed by atoms with van der Waals surface area (Å²) in [6.07, 6.45) is 1.84. The number of piperidine rings is 1. The Morgan fingerprint density at radius 3 is 2.22 bits per heavy atom. The van der Waals surface area contributed by atoms with Gasteiger partial charge in [0.05, 0.1) is 19.3 Å². The smallest absolute Gasteiger partial charge is 0.254 e. The van der Waals surface area contributed by atoms with Gasteiger partial charge in [-0.15, -0.1) is 0 Å². The van der Waals surface area contributed by atoms with Crippen LogP contribution in [0.5, 0.6) is 0 Å². The summed E-state index contributed by atoms with van der Waals surface area (Å²) >= 11 is 0. The van der Waals surface area contributed by atoms with E-state index in [9.17, 15) is 9.59 Å². The maximum atomic E-state index is 12.5. The number of hydrogen-bond donors (Lipinski definition) is 0. The first-order valence-corrected chi connectivity index (χ1v) is 9.37. The highest BCUT2D eigenvalue weighted by Gasteiger charge is 2.25. The van der Waals surface area contributed by atoms with Crippen molar-refractivity contribution in [2.24, 2.45) is 0 Å². The number of likely N-dealkylation sites (tertiary alicyclic amines) is 1. The van der Waals surface area contributed by atoms with Crippen molar-refractivity contribution in [3.8, 4) is 0 Å². The Hall–Kier alpha value is -2.66. The molecule has 1 heterocycles. The molecule has 0 aliphatic carbocycles. The second-order valence-electron chi connectivity index (χ2n) is 6.90. The van der Waals surface area contributed by atoms with Crippen LogP contribution < -0.4 is 0 Å². The number of ether oxygens (including phenoxy) is 1. The van der Waals surface area contributed by atoms with Crippen molar-refractivity contribution in [3.05, 3.63) is 71.8 Å². The van der Waals surface area contributed by atoms with E-state index in [-0.39, 0.29) is 24.5 Å². The molecule has 2 amide bonds. The molecule has 0 unspecified atom stereocenters. The molecule has 0 aromatic heterocycles. The standard InChI is InChI=1S/C22H26N2O3/c1-23(22(26)19-10-6-3-7-11-19)16-21(25)24-14-12-20(13-15-24)27-17-18-8-4-2-5-9-18/h2-11,20H,12-17H2,1H3. The van der Waals surface area contributed by atoms with Crippen LogP contribution in [-0.4, -0.2) is 54.4 Å². The lowest BCUT2D eigenvalue weighted by Gasteiger charge is -2.33. The first kappa shape index (κ1) is 19.1. The molecule has 1 aliphatic heterocycles. The molecule has 5 heteroatoms.